The fraction of sp³-hybridized carbons (Fsp3) is 0.182. The Morgan fingerprint density at radius 2 is 1.60 bits per heavy atom. The summed E-state index contributed by atoms with van der Waals surface area (Å²) in [7, 11) is 0. The first-order chi connectivity index (χ1) is 14.4. The van der Waals surface area contributed by atoms with Crippen LogP contribution in [0.3, 0.4) is 0 Å². The van der Waals surface area contributed by atoms with E-state index in [2.05, 4.69) is 21.2 Å². The lowest BCUT2D eigenvalue weighted by atomic mass is 10.2. The van der Waals surface area contributed by atoms with Crippen LogP contribution in [0.1, 0.15) is 18.1 Å². The minimum absolute atomic E-state index is 0.325. The van der Waals surface area contributed by atoms with Gasteiger partial charge in [-0.15, -0.1) is 0 Å². The van der Waals surface area contributed by atoms with Gasteiger partial charge in [0.25, 0.3) is 0 Å². The maximum Gasteiger partial charge on any atom is 0.175 e. The van der Waals surface area contributed by atoms with Gasteiger partial charge in [-0.3, -0.25) is 0 Å². The highest BCUT2D eigenvalue weighted by Crippen LogP contribution is 2.38. The summed E-state index contributed by atoms with van der Waals surface area (Å²) in [6, 6.07) is 14.6. The zero-order valence-corrected chi connectivity index (χ0v) is 20.6. The van der Waals surface area contributed by atoms with Crippen LogP contribution in [0.5, 0.6) is 11.5 Å². The van der Waals surface area contributed by atoms with Crippen LogP contribution >= 0.6 is 62.3 Å². The van der Waals surface area contributed by atoms with Crippen LogP contribution in [0, 0.1) is 0 Å². The smallest absolute Gasteiger partial charge is 0.175 e. The summed E-state index contributed by atoms with van der Waals surface area (Å²) in [5.41, 5.74) is 2.65. The Morgan fingerprint density at radius 3 is 2.33 bits per heavy atom. The lowest BCUT2D eigenvalue weighted by molar-refractivity contribution is 0.267. The Bertz CT molecular complexity index is 1050. The molecule has 0 spiro atoms. The average Bonchev–Trinajstić information content (AvgIpc) is 2.71. The first-order valence-corrected chi connectivity index (χ1v) is 11.4. The summed E-state index contributed by atoms with van der Waals surface area (Å²) in [6.07, 6.45) is 0. The fourth-order valence-electron chi connectivity index (χ4n) is 2.74. The van der Waals surface area contributed by atoms with E-state index in [1.807, 2.05) is 25.1 Å². The van der Waals surface area contributed by atoms with Crippen molar-refractivity contribution in [3.05, 3.63) is 84.2 Å². The topological polar surface area (TPSA) is 30.5 Å². The van der Waals surface area contributed by atoms with Gasteiger partial charge in [0.15, 0.2) is 11.5 Å². The number of halogens is 5. The maximum absolute atomic E-state index is 6.23. The predicted molar refractivity (Wildman–Crippen MR) is 130 cm³/mol. The summed E-state index contributed by atoms with van der Waals surface area (Å²) >= 11 is 27.9. The molecule has 3 aromatic carbocycles. The van der Waals surface area contributed by atoms with E-state index in [1.54, 1.807) is 30.3 Å². The van der Waals surface area contributed by atoms with Gasteiger partial charge in [0.05, 0.1) is 31.8 Å². The molecule has 30 heavy (non-hydrogen) atoms. The summed E-state index contributed by atoms with van der Waals surface area (Å²) in [5, 5.41) is 5.51. The van der Waals surface area contributed by atoms with Gasteiger partial charge in [-0.05, 0) is 76.4 Å². The molecule has 158 valence electrons. The van der Waals surface area contributed by atoms with Gasteiger partial charge in [0, 0.05) is 11.6 Å². The van der Waals surface area contributed by atoms with Gasteiger partial charge in [0.1, 0.15) is 6.61 Å². The molecular weight excluding hydrogens is 532 g/mol. The molecule has 3 aromatic rings. The normalized spacial score (nSPS) is 10.7. The molecule has 0 aliphatic rings. The van der Waals surface area contributed by atoms with Crippen LogP contribution in [0.25, 0.3) is 0 Å². The summed E-state index contributed by atoms with van der Waals surface area (Å²) < 4.78 is 12.6. The first-order valence-electron chi connectivity index (χ1n) is 9.08. The summed E-state index contributed by atoms with van der Waals surface area (Å²) in [6.45, 7) is 3.29. The molecule has 0 bridgehead atoms. The molecule has 0 heterocycles. The summed E-state index contributed by atoms with van der Waals surface area (Å²) in [4.78, 5) is 0. The van der Waals surface area contributed by atoms with Crippen molar-refractivity contribution in [2.24, 2.45) is 0 Å². The Hall–Kier alpha value is -1.30. The minimum atomic E-state index is 0.325. The van der Waals surface area contributed by atoms with E-state index < -0.39 is 0 Å². The molecule has 0 aliphatic carbocycles. The zero-order chi connectivity index (χ0) is 21.7. The Kier molecular flexibility index (Phi) is 8.44. The van der Waals surface area contributed by atoms with Crippen molar-refractivity contribution in [1.82, 2.24) is 0 Å². The molecule has 0 aromatic heterocycles. The van der Waals surface area contributed by atoms with Gasteiger partial charge < -0.3 is 14.8 Å². The van der Waals surface area contributed by atoms with E-state index in [1.165, 1.54) is 0 Å². The quantitative estimate of drug-likeness (QED) is 0.305. The molecule has 0 saturated carbocycles. The van der Waals surface area contributed by atoms with Crippen molar-refractivity contribution < 1.29 is 9.47 Å². The molecule has 0 saturated heterocycles. The number of hydrogen-bond donors (Lipinski definition) is 1. The largest absolute Gasteiger partial charge is 0.490 e. The maximum atomic E-state index is 6.23. The minimum Gasteiger partial charge on any atom is -0.490 e. The van der Waals surface area contributed by atoms with E-state index in [9.17, 15) is 0 Å². The average molecular weight is 550 g/mol. The third-order valence-electron chi connectivity index (χ3n) is 4.15. The van der Waals surface area contributed by atoms with Gasteiger partial charge >= 0.3 is 0 Å². The molecule has 0 aliphatic heterocycles. The first kappa shape index (κ1) is 23.4. The number of rotatable bonds is 8. The second kappa shape index (κ2) is 10.8. The molecule has 3 nitrogen and oxygen atoms in total. The van der Waals surface area contributed by atoms with Crippen molar-refractivity contribution >= 4 is 68.0 Å². The van der Waals surface area contributed by atoms with Crippen molar-refractivity contribution in [1.29, 1.82) is 0 Å². The van der Waals surface area contributed by atoms with Crippen molar-refractivity contribution in [2.45, 2.75) is 20.1 Å². The number of anilines is 1. The number of benzene rings is 3. The standard InChI is InChI=1S/C22H18BrCl4NO2/c1-2-29-21-9-14(11-28-20-10-15(24)4-6-18(20)26)7-16(23)22(21)30-12-13-3-5-17(25)19(27)8-13/h3-10,28H,2,11-12H2,1H3. The van der Waals surface area contributed by atoms with Crippen LogP contribution in [0.4, 0.5) is 5.69 Å². The second-order valence-corrected chi connectivity index (χ2v) is 8.87. The summed E-state index contributed by atoms with van der Waals surface area (Å²) in [5.74, 6) is 1.26. The number of ether oxygens (including phenoxy) is 2. The van der Waals surface area contributed by atoms with Gasteiger partial charge in [-0.2, -0.15) is 0 Å². The Balaban J connectivity index is 1.77. The molecule has 0 radical (unpaired) electrons. The van der Waals surface area contributed by atoms with E-state index in [0.717, 1.165) is 21.3 Å². The lowest BCUT2D eigenvalue weighted by Crippen LogP contribution is -2.04. The highest BCUT2D eigenvalue weighted by Gasteiger charge is 2.13. The predicted octanol–water partition coefficient (Wildman–Crippen LogP) is 8.65. The zero-order valence-electron chi connectivity index (χ0n) is 15.9. The van der Waals surface area contributed by atoms with E-state index >= 15 is 0 Å². The molecule has 0 atom stereocenters. The van der Waals surface area contributed by atoms with Crippen LogP contribution in [-0.4, -0.2) is 6.61 Å². The SMILES string of the molecule is CCOc1cc(CNc2cc(Cl)ccc2Cl)cc(Br)c1OCc1ccc(Cl)c(Cl)c1. The second-order valence-electron chi connectivity index (χ2n) is 6.35. The van der Waals surface area contributed by atoms with Gasteiger partial charge in [0.2, 0.25) is 0 Å². The molecule has 1 N–H and O–H groups in total. The Labute approximate surface area is 204 Å². The monoisotopic (exact) mass is 547 g/mol. The highest BCUT2D eigenvalue weighted by atomic mass is 79.9. The third-order valence-corrected chi connectivity index (χ3v) is 6.04. The molecule has 3 rings (SSSR count). The highest BCUT2D eigenvalue weighted by molar-refractivity contribution is 9.10. The lowest BCUT2D eigenvalue weighted by Gasteiger charge is -2.16. The molecule has 8 heteroatoms. The fourth-order valence-corrected chi connectivity index (χ4v) is 4.02. The van der Waals surface area contributed by atoms with Crippen molar-refractivity contribution in [2.75, 3.05) is 11.9 Å². The Morgan fingerprint density at radius 1 is 0.833 bits per heavy atom. The van der Waals surface area contributed by atoms with Crippen LogP contribution in [0.2, 0.25) is 20.1 Å². The molecule has 0 fully saturated rings. The molecular formula is C22H18BrCl4NO2. The van der Waals surface area contributed by atoms with Crippen LogP contribution in [0.15, 0.2) is 53.0 Å². The van der Waals surface area contributed by atoms with E-state index in [0.29, 0.717) is 51.3 Å². The molecule has 0 amide bonds. The molecule has 0 unspecified atom stereocenters. The number of nitrogens with one attached hydrogen (secondary N) is 1. The van der Waals surface area contributed by atoms with Gasteiger partial charge in [-0.1, -0.05) is 52.5 Å². The third kappa shape index (κ3) is 6.12. The van der Waals surface area contributed by atoms with E-state index in [-0.39, 0.29) is 0 Å². The van der Waals surface area contributed by atoms with Crippen molar-refractivity contribution in [3.63, 3.8) is 0 Å². The van der Waals surface area contributed by atoms with Crippen molar-refractivity contribution in [3.8, 4) is 11.5 Å². The van der Waals surface area contributed by atoms with Gasteiger partial charge in [-0.25, -0.2) is 0 Å². The van der Waals surface area contributed by atoms with Crippen LogP contribution in [-0.2, 0) is 13.2 Å². The van der Waals surface area contributed by atoms with E-state index in [4.69, 9.17) is 55.9 Å². The van der Waals surface area contributed by atoms with Crippen LogP contribution < -0.4 is 14.8 Å². The number of hydrogen-bond acceptors (Lipinski definition) is 3.